The number of hydrogen-bond donors (Lipinski definition) is 3. The average Bonchev–Trinajstić information content (AvgIpc) is 3.82. The van der Waals surface area contributed by atoms with Gasteiger partial charge >= 0.3 is 0 Å². The molecule has 2 unspecified atom stereocenters. The molecule has 2 atom stereocenters. The van der Waals surface area contributed by atoms with Crippen molar-refractivity contribution in [2.24, 2.45) is 17.3 Å². The van der Waals surface area contributed by atoms with E-state index in [1.54, 1.807) is 12.1 Å². The summed E-state index contributed by atoms with van der Waals surface area (Å²) in [5.74, 6) is 1.72. The van der Waals surface area contributed by atoms with Crippen LogP contribution in [0.1, 0.15) is 42.5 Å². The number of fused-ring (bicyclic) bond motifs is 1. The lowest BCUT2D eigenvalue weighted by molar-refractivity contribution is 0.102. The van der Waals surface area contributed by atoms with Crippen LogP contribution in [0.4, 0.5) is 21.5 Å². The largest absolute Gasteiger partial charge is 0.461 e. The van der Waals surface area contributed by atoms with Crippen LogP contribution >= 0.6 is 11.9 Å². The Balaban J connectivity index is 1.23. The number of ether oxygens (including phenoxy) is 1. The molecule has 2 aromatic carbocycles. The minimum absolute atomic E-state index is 0.0814. The molecule has 4 fully saturated rings. The molecule has 0 aromatic heterocycles. The van der Waals surface area contributed by atoms with Crippen LogP contribution in [0.25, 0.3) is 0 Å². The smallest absolute Gasteiger partial charge is 0.255 e. The third-order valence-corrected chi connectivity index (χ3v) is 9.33. The number of piperidine rings is 2. The molecule has 2 aromatic rings. The van der Waals surface area contributed by atoms with Crippen molar-refractivity contribution in [3.63, 3.8) is 0 Å². The lowest BCUT2D eigenvalue weighted by Gasteiger charge is -2.35. The fourth-order valence-electron chi connectivity index (χ4n) is 5.90. The van der Waals surface area contributed by atoms with E-state index >= 15 is 0 Å². The summed E-state index contributed by atoms with van der Waals surface area (Å²) >= 11 is 1.49. The number of aliphatic hydroxyl groups is 1. The Hall–Kier alpha value is -2.49. The van der Waals surface area contributed by atoms with Crippen LogP contribution in [0.15, 0.2) is 41.3 Å². The quantitative estimate of drug-likeness (QED) is 0.307. The first-order valence-corrected chi connectivity index (χ1v) is 14.2. The molecule has 2 saturated heterocycles. The molecule has 9 heteroatoms. The van der Waals surface area contributed by atoms with Gasteiger partial charge in [0.05, 0.1) is 23.7 Å². The summed E-state index contributed by atoms with van der Waals surface area (Å²) in [5, 5.41) is 12.3. The fourth-order valence-corrected chi connectivity index (χ4v) is 6.56. The van der Waals surface area contributed by atoms with Gasteiger partial charge < -0.3 is 25.0 Å². The molecular weight excluding hydrogens is 491 g/mol. The molecule has 1 amide bonds. The predicted molar refractivity (Wildman–Crippen MR) is 145 cm³/mol. The number of alkyl halides is 1. The molecule has 0 radical (unpaired) electrons. The minimum atomic E-state index is -0.892. The zero-order valence-electron chi connectivity index (χ0n) is 21.0. The molecule has 2 heterocycles. The minimum Gasteiger partial charge on any atom is -0.461 e. The molecule has 6 rings (SSSR count). The van der Waals surface area contributed by atoms with Crippen LogP contribution in [0.3, 0.4) is 0 Å². The van der Waals surface area contributed by atoms with Crippen LogP contribution in [0.2, 0.25) is 0 Å². The summed E-state index contributed by atoms with van der Waals surface area (Å²) in [5.41, 5.74) is 3.70. The Kier molecular flexibility index (Phi) is 6.94. The van der Waals surface area contributed by atoms with E-state index < -0.39 is 6.86 Å². The number of aliphatic hydroxyl groups excluding tert-OH is 1. The van der Waals surface area contributed by atoms with Gasteiger partial charge in [-0.15, -0.1) is 0 Å². The van der Waals surface area contributed by atoms with Crippen molar-refractivity contribution in [1.82, 2.24) is 4.72 Å². The third-order valence-electron chi connectivity index (χ3n) is 8.49. The summed E-state index contributed by atoms with van der Waals surface area (Å²) in [6.07, 6.45) is 6.33. The van der Waals surface area contributed by atoms with E-state index in [1.807, 2.05) is 18.2 Å². The first kappa shape index (κ1) is 24.8. The second-order valence-corrected chi connectivity index (χ2v) is 11.9. The highest BCUT2D eigenvalue weighted by molar-refractivity contribution is 7.97. The number of benzene rings is 2. The number of carbonyl (C=O) groups is 1. The van der Waals surface area contributed by atoms with E-state index in [0.29, 0.717) is 35.1 Å². The highest BCUT2D eigenvalue weighted by Gasteiger charge is 2.46. The number of nitrogens with one attached hydrogen (secondary N) is 2. The molecule has 1 spiro atoms. The first-order valence-electron chi connectivity index (χ1n) is 13.4. The van der Waals surface area contributed by atoms with Crippen molar-refractivity contribution in [3.05, 3.63) is 42.0 Å². The SMILES string of the molecule is O=C(Nc1ccc(SNCCO)cc1N1CCC2(CC1)CC2)c1ccc(OCF)c(N2CC3CC3C2)c1. The fraction of sp³-hybridized carbons (Fsp3) is 0.536. The van der Waals surface area contributed by atoms with Crippen molar-refractivity contribution < 1.29 is 19.0 Å². The monoisotopic (exact) mass is 526 g/mol. The second-order valence-electron chi connectivity index (χ2n) is 10.9. The van der Waals surface area contributed by atoms with E-state index in [9.17, 15) is 9.18 Å². The van der Waals surface area contributed by atoms with Crippen molar-refractivity contribution in [2.45, 2.75) is 37.0 Å². The Labute approximate surface area is 221 Å². The van der Waals surface area contributed by atoms with E-state index in [-0.39, 0.29) is 12.5 Å². The summed E-state index contributed by atoms with van der Waals surface area (Å²) in [6.45, 7) is 3.53. The maximum absolute atomic E-state index is 13.5. The average molecular weight is 527 g/mol. The van der Waals surface area contributed by atoms with Crippen LogP contribution in [-0.4, -0.2) is 57.2 Å². The van der Waals surface area contributed by atoms with Gasteiger partial charge in [-0.05, 0) is 97.7 Å². The van der Waals surface area contributed by atoms with Gasteiger partial charge in [0.15, 0.2) is 0 Å². The number of hydrogen-bond acceptors (Lipinski definition) is 7. The molecule has 0 bridgehead atoms. The van der Waals surface area contributed by atoms with E-state index in [2.05, 4.69) is 25.9 Å². The van der Waals surface area contributed by atoms with Gasteiger partial charge in [-0.25, -0.2) is 4.39 Å². The molecule has 4 aliphatic rings. The lowest BCUT2D eigenvalue weighted by Crippen LogP contribution is -2.35. The zero-order valence-corrected chi connectivity index (χ0v) is 21.9. The molecular formula is C28H35FN4O3S. The lowest BCUT2D eigenvalue weighted by atomic mass is 9.93. The Morgan fingerprint density at radius 3 is 2.54 bits per heavy atom. The Bertz CT molecular complexity index is 1140. The summed E-state index contributed by atoms with van der Waals surface area (Å²) in [6, 6.07) is 11.3. The van der Waals surface area contributed by atoms with E-state index in [0.717, 1.165) is 48.1 Å². The highest BCUT2D eigenvalue weighted by atomic mass is 32.2. The van der Waals surface area contributed by atoms with Crippen LogP contribution in [0, 0.1) is 17.3 Å². The molecule has 2 aliphatic carbocycles. The van der Waals surface area contributed by atoms with Gasteiger partial charge in [0.25, 0.3) is 5.91 Å². The Morgan fingerprint density at radius 2 is 1.84 bits per heavy atom. The maximum Gasteiger partial charge on any atom is 0.255 e. The summed E-state index contributed by atoms with van der Waals surface area (Å²) in [4.78, 5) is 19.1. The number of anilines is 3. The van der Waals surface area contributed by atoms with Crippen molar-refractivity contribution >= 4 is 34.9 Å². The molecule has 7 nitrogen and oxygen atoms in total. The molecule has 37 heavy (non-hydrogen) atoms. The number of amides is 1. The van der Waals surface area contributed by atoms with E-state index in [1.165, 1.54) is 44.1 Å². The summed E-state index contributed by atoms with van der Waals surface area (Å²) < 4.78 is 21.5. The van der Waals surface area contributed by atoms with Crippen LogP contribution in [-0.2, 0) is 0 Å². The number of rotatable bonds is 10. The van der Waals surface area contributed by atoms with Crippen molar-refractivity contribution in [2.75, 3.05) is 61.3 Å². The van der Waals surface area contributed by atoms with Gasteiger partial charge in [0, 0.05) is 43.2 Å². The molecule has 2 aliphatic heterocycles. The maximum atomic E-state index is 13.5. The van der Waals surface area contributed by atoms with Gasteiger partial charge in [0.2, 0.25) is 6.86 Å². The topological polar surface area (TPSA) is 77.1 Å². The van der Waals surface area contributed by atoms with Gasteiger partial charge in [-0.2, -0.15) is 0 Å². The molecule has 3 N–H and O–H groups in total. The van der Waals surface area contributed by atoms with Gasteiger partial charge in [0.1, 0.15) is 5.75 Å². The first-order chi connectivity index (χ1) is 18.1. The normalized spacial score (nSPS) is 23.2. The molecule has 2 saturated carbocycles. The highest BCUT2D eigenvalue weighted by Crippen LogP contribution is 2.54. The second kappa shape index (κ2) is 10.3. The summed E-state index contributed by atoms with van der Waals surface area (Å²) in [7, 11) is 0. The zero-order chi connectivity index (χ0) is 25.4. The standard InChI is InChI=1S/C28H35FN4O3S/c29-18-36-26-4-1-19(14-25(26)33-16-20-13-21(20)17-33)27(35)31-23-3-2-22(37-30-9-12-34)15-24(23)32-10-7-28(5-6-28)8-11-32/h1-4,14-15,20-21,30,34H,5-13,16-18H2,(H,31,35). The van der Waals surface area contributed by atoms with Crippen LogP contribution in [0.5, 0.6) is 5.75 Å². The third kappa shape index (κ3) is 5.40. The van der Waals surface area contributed by atoms with Gasteiger partial charge in [-0.3, -0.25) is 9.52 Å². The Morgan fingerprint density at radius 1 is 1.05 bits per heavy atom. The predicted octanol–water partition coefficient (Wildman–Crippen LogP) is 4.67. The van der Waals surface area contributed by atoms with Gasteiger partial charge in [-0.1, -0.05) is 0 Å². The number of halogens is 1. The van der Waals surface area contributed by atoms with Crippen molar-refractivity contribution in [3.8, 4) is 5.75 Å². The number of carbonyl (C=O) groups excluding carboxylic acids is 1. The van der Waals surface area contributed by atoms with Crippen molar-refractivity contribution in [1.29, 1.82) is 0 Å². The van der Waals surface area contributed by atoms with Crippen LogP contribution < -0.4 is 24.6 Å². The molecule has 198 valence electrons. The number of nitrogens with zero attached hydrogens (tertiary/aromatic N) is 2. The van der Waals surface area contributed by atoms with E-state index in [4.69, 9.17) is 9.84 Å².